The van der Waals surface area contributed by atoms with E-state index in [-0.39, 0.29) is 18.2 Å². The van der Waals surface area contributed by atoms with E-state index in [1.165, 1.54) is 12.8 Å². The lowest BCUT2D eigenvalue weighted by Crippen LogP contribution is -2.31. The summed E-state index contributed by atoms with van der Waals surface area (Å²) in [5.41, 5.74) is 0. The average molecular weight is 245 g/mol. The molecule has 0 radical (unpaired) electrons. The smallest absolute Gasteiger partial charge is 0.304 e. The number of thioether (sulfide) groups is 1. The number of hydrogen-bond acceptors (Lipinski definition) is 3. The van der Waals surface area contributed by atoms with Crippen LogP contribution >= 0.6 is 11.8 Å². The van der Waals surface area contributed by atoms with Gasteiger partial charge >= 0.3 is 5.97 Å². The van der Waals surface area contributed by atoms with E-state index in [9.17, 15) is 9.59 Å². The molecule has 1 rings (SSSR count). The first-order valence-corrected chi connectivity index (χ1v) is 6.93. The maximum atomic E-state index is 11.6. The molecule has 0 aliphatic heterocycles. The van der Waals surface area contributed by atoms with Crippen LogP contribution in [-0.4, -0.2) is 35.0 Å². The number of aliphatic carboxylic acids is 1. The summed E-state index contributed by atoms with van der Waals surface area (Å²) < 4.78 is 0. The van der Waals surface area contributed by atoms with Gasteiger partial charge in [-0.25, -0.2) is 0 Å². The summed E-state index contributed by atoms with van der Waals surface area (Å²) in [4.78, 5) is 21.8. The van der Waals surface area contributed by atoms with Crippen molar-refractivity contribution in [1.82, 2.24) is 5.32 Å². The SMILES string of the molecule is O=C(O)CCSCCNC(=O)C1CCCC1. The third kappa shape index (κ3) is 5.39. The van der Waals surface area contributed by atoms with E-state index in [4.69, 9.17) is 5.11 Å². The second-order valence-electron chi connectivity index (χ2n) is 4.03. The van der Waals surface area contributed by atoms with Crippen LogP contribution in [0.3, 0.4) is 0 Å². The van der Waals surface area contributed by atoms with Gasteiger partial charge in [-0.05, 0) is 12.8 Å². The Morgan fingerprint density at radius 2 is 1.94 bits per heavy atom. The summed E-state index contributed by atoms with van der Waals surface area (Å²) >= 11 is 1.57. The molecule has 0 aromatic heterocycles. The van der Waals surface area contributed by atoms with Gasteiger partial charge in [0.15, 0.2) is 0 Å². The molecule has 16 heavy (non-hydrogen) atoms. The number of carboxylic acid groups (broad SMARTS) is 1. The van der Waals surface area contributed by atoms with Crippen LogP contribution in [0.5, 0.6) is 0 Å². The number of carbonyl (C=O) groups is 2. The highest BCUT2D eigenvalue weighted by Gasteiger charge is 2.21. The Morgan fingerprint density at radius 3 is 2.56 bits per heavy atom. The molecule has 0 atom stereocenters. The molecule has 0 aromatic rings. The fourth-order valence-corrected chi connectivity index (χ4v) is 2.61. The first kappa shape index (κ1) is 13.4. The van der Waals surface area contributed by atoms with Crippen LogP contribution in [0.25, 0.3) is 0 Å². The molecule has 1 amide bonds. The molecule has 5 heteroatoms. The van der Waals surface area contributed by atoms with E-state index < -0.39 is 5.97 Å². The second kappa shape index (κ2) is 7.54. The van der Waals surface area contributed by atoms with E-state index in [2.05, 4.69) is 5.32 Å². The Hall–Kier alpha value is -0.710. The molecule has 1 saturated carbocycles. The maximum absolute atomic E-state index is 11.6. The molecule has 0 unspecified atom stereocenters. The first-order chi connectivity index (χ1) is 7.70. The van der Waals surface area contributed by atoms with Gasteiger partial charge in [0, 0.05) is 24.0 Å². The summed E-state index contributed by atoms with van der Waals surface area (Å²) in [5, 5.41) is 11.3. The molecule has 1 aliphatic carbocycles. The Bertz CT molecular complexity index is 239. The van der Waals surface area contributed by atoms with Gasteiger partial charge in [-0.1, -0.05) is 12.8 Å². The molecule has 0 saturated heterocycles. The number of rotatable bonds is 7. The fraction of sp³-hybridized carbons (Fsp3) is 0.818. The zero-order valence-corrected chi connectivity index (χ0v) is 10.2. The average Bonchev–Trinajstić information content (AvgIpc) is 2.75. The highest BCUT2D eigenvalue weighted by molar-refractivity contribution is 7.99. The predicted octanol–water partition coefficient (Wildman–Crippen LogP) is 1.50. The van der Waals surface area contributed by atoms with Crippen molar-refractivity contribution in [3.8, 4) is 0 Å². The quantitative estimate of drug-likeness (QED) is 0.667. The lowest BCUT2D eigenvalue weighted by Gasteiger charge is -2.09. The molecule has 92 valence electrons. The second-order valence-corrected chi connectivity index (χ2v) is 5.25. The molecule has 0 heterocycles. The minimum absolute atomic E-state index is 0.177. The van der Waals surface area contributed by atoms with Crippen LogP contribution < -0.4 is 5.32 Å². The third-order valence-electron chi connectivity index (χ3n) is 2.73. The Balaban J connectivity index is 1.94. The molecule has 4 nitrogen and oxygen atoms in total. The Labute approximate surface area is 100 Å². The van der Waals surface area contributed by atoms with E-state index in [1.807, 2.05) is 0 Å². The summed E-state index contributed by atoms with van der Waals surface area (Å²) in [6.07, 6.45) is 4.59. The molecule has 1 aliphatic rings. The first-order valence-electron chi connectivity index (χ1n) is 5.77. The van der Waals surface area contributed by atoms with Crippen LogP contribution in [0.1, 0.15) is 32.1 Å². The zero-order valence-electron chi connectivity index (χ0n) is 9.41. The van der Waals surface area contributed by atoms with Crippen LogP contribution in [0.15, 0.2) is 0 Å². The van der Waals surface area contributed by atoms with Crippen molar-refractivity contribution >= 4 is 23.6 Å². The van der Waals surface area contributed by atoms with Gasteiger partial charge in [-0.3, -0.25) is 9.59 Å². The van der Waals surface area contributed by atoms with Crippen molar-refractivity contribution in [2.45, 2.75) is 32.1 Å². The molecule has 1 fully saturated rings. The van der Waals surface area contributed by atoms with E-state index in [0.717, 1.165) is 18.6 Å². The number of carboxylic acids is 1. The highest BCUT2D eigenvalue weighted by atomic mass is 32.2. The lowest BCUT2D eigenvalue weighted by atomic mass is 10.1. The number of amides is 1. The van der Waals surface area contributed by atoms with Crippen LogP contribution in [-0.2, 0) is 9.59 Å². The van der Waals surface area contributed by atoms with Crippen LogP contribution in [0, 0.1) is 5.92 Å². The van der Waals surface area contributed by atoms with Crippen LogP contribution in [0.2, 0.25) is 0 Å². The lowest BCUT2D eigenvalue weighted by molar-refractivity contribution is -0.136. The number of nitrogens with one attached hydrogen (secondary N) is 1. The van der Waals surface area contributed by atoms with Crippen molar-refractivity contribution in [2.75, 3.05) is 18.1 Å². The standard InChI is InChI=1S/C11H19NO3S/c13-10(14)5-7-16-8-6-12-11(15)9-3-1-2-4-9/h9H,1-8H2,(H,12,15)(H,13,14). The molecule has 0 spiro atoms. The largest absolute Gasteiger partial charge is 0.481 e. The summed E-state index contributed by atoms with van der Waals surface area (Å²) in [6, 6.07) is 0. The predicted molar refractivity (Wildman–Crippen MR) is 64.5 cm³/mol. The topological polar surface area (TPSA) is 66.4 Å². The van der Waals surface area contributed by atoms with Gasteiger partial charge in [-0.2, -0.15) is 11.8 Å². The maximum Gasteiger partial charge on any atom is 0.304 e. The molecule has 2 N–H and O–H groups in total. The van der Waals surface area contributed by atoms with Crippen molar-refractivity contribution < 1.29 is 14.7 Å². The minimum atomic E-state index is -0.762. The minimum Gasteiger partial charge on any atom is -0.481 e. The van der Waals surface area contributed by atoms with E-state index >= 15 is 0 Å². The van der Waals surface area contributed by atoms with Crippen molar-refractivity contribution in [2.24, 2.45) is 5.92 Å². The van der Waals surface area contributed by atoms with Gasteiger partial charge in [0.05, 0.1) is 6.42 Å². The summed E-state index contributed by atoms with van der Waals surface area (Å²) in [6.45, 7) is 0.652. The monoisotopic (exact) mass is 245 g/mol. The number of carbonyl (C=O) groups excluding carboxylic acids is 1. The van der Waals surface area contributed by atoms with Crippen molar-refractivity contribution in [1.29, 1.82) is 0 Å². The van der Waals surface area contributed by atoms with Crippen LogP contribution in [0.4, 0.5) is 0 Å². The molecular weight excluding hydrogens is 226 g/mol. The molecule has 0 bridgehead atoms. The Morgan fingerprint density at radius 1 is 1.25 bits per heavy atom. The normalized spacial score (nSPS) is 16.2. The fourth-order valence-electron chi connectivity index (χ4n) is 1.84. The Kier molecular flexibility index (Phi) is 6.30. The van der Waals surface area contributed by atoms with E-state index in [0.29, 0.717) is 12.3 Å². The summed E-state index contributed by atoms with van der Waals surface area (Å²) in [7, 11) is 0. The van der Waals surface area contributed by atoms with Crippen molar-refractivity contribution in [3.63, 3.8) is 0 Å². The highest BCUT2D eigenvalue weighted by Crippen LogP contribution is 2.24. The van der Waals surface area contributed by atoms with Gasteiger partial charge < -0.3 is 10.4 Å². The molecular formula is C11H19NO3S. The van der Waals surface area contributed by atoms with Gasteiger partial charge in [0.2, 0.25) is 5.91 Å². The van der Waals surface area contributed by atoms with Gasteiger partial charge in [0.25, 0.3) is 0 Å². The third-order valence-corrected chi connectivity index (χ3v) is 3.72. The molecule has 0 aromatic carbocycles. The van der Waals surface area contributed by atoms with Crippen molar-refractivity contribution in [3.05, 3.63) is 0 Å². The van der Waals surface area contributed by atoms with Gasteiger partial charge in [0.1, 0.15) is 0 Å². The van der Waals surface area contributed by atoms with E-state index in [1.54, 1.807) is 11.8 Å². The zero-order chi connectivity index (χ0) is 11.8. The number of hydrogen-bond donors (Lipinski definition) is 2. The summed E-state index contributed by atoms with van der Waals surface area (Å²) in [5.74, 6) is 1.06. The van der Waals surface area contributed by atoms with Gasteiger partial charge in [-0.15, -0.1) is 0 Å².